The molecule has 25 heavy (non-hydrogen) atoms. The molecule has 1 aliphatic carbocycles. The molecule has 136 valence electrons. The molecule has 0 spiro atoms. The third-order valence-electron chi connectivity index (χ3n) is 3.91. The molecule has 0 radical (unpaired) electrons. The Labute approximate surface area is 142 Å². The molecule has 3 rings (SSSR count). The van der Waals surface area contributed by atoms with Crippen LogP contribution in [0.1, 0.15) is 36.1 Å². The molecule has 0 amide bonds. The highest BCUT2D eigenvalue weighted by Crippen LogP contribution is 2.38. The van der Waals surface area contributed by atoms with E-state index in [2.05, 4.69) is 15.5 Å². The first-order valence-corrected chi connectivity index (χ1v) is 9.00. The molecule has 0 aliphatic heterocycles. The van der Waals surface area contributed by atoms with Crippen molar-refractivity contribution in [1.82, 2.24) is 14.8 Å². The van der Waals surface area contributed by atoms with Crippen LogP contribution in [0.5, 0.6) is 0 Å². The first-order valence-electron chi connectivity index (χ1n) is 7.45. The summed E-state index contributed by atoms with van der Waals surface area (Å²) in [5, 5.41) is 15.5. The smallest absolute Gasteiger partial charge is 0.377 e. The molecule has 0 atom stereocenters. The Morgan fingerprint density at radius 3 is 2.56 bits per heavy atom. The second-order valence-electron chi connectivity index (χ2n) is 5.87. The van der Waals surface area contributed by atoms with Crippen LogP contribution in [-0.4, -0.2) is 23.2 Å². The van der Waals surface area contributed by atoms with Gasteiger partial charge in [0.25, 0.3) is 0 Å². The normalized spacial score (nSPS) is 15.4. The number of aryl methyl sites for hydroxylation is 1. The van der Waals surface area contributed by atoms with Gasteiger partial charge in [-0.15, -0.1) is 10.2 Å². The van der Waals surface area contributed by atoms with Gasteiger partial charge in [0.05, 0.1) is 17.0 Å². The van der Waals surface area contributed by atoms with Gasteiger partial charge < -0.3 is 9.88 Å². The number of aromatic nitrogens is 3. The number of nitrogens with one attached hydrogen (secondary N) is 1. The quantitative estimate of drug-likeness (QED) is 0.834. The van der Waals surface area contributed by atoms with E-state index in [0.29, 0.717) is 23.8 Å². The van der Waals surface area contributed by atoms with E-state index in [1.807, 2.05) is 4.57 Å². The third-order valence-corrected chi connectivity index (χ3v) is 4.82. The number of sulfonamides is 1. The molecule has 1 saturated carbocycles. The van der Waals surface area contributed by atoms with Gasteiger partial charge in [-0.3, -0.25) is 0 Å². The lowest BCUT2D eigenvalue weighted by Crippen LogP contribution is -2.17. The number of hydrogen-bond donors (Lipinski definition) is 2. The van der Waals surface area contributed by atoms with E-state index < -0.39 is 26.7 Å². The molecule has 11 heteroatoms. The number of nitrogens with two attached hydrogens (primary N) is 1. The molecule has 0 saturated heterocycles. The Morgan fingerprint density at radius 2 is 2.00 bits per heavy atom. The van der Waals surface area contributed by atoms with Crippen molar-refractivity contribution in [1.29, 1.82) is 0 Å². The van der Waals surface area contributed by atoms with Crippen LogP contribution < -0.4 is 10.5 Å². The van der Waals surface area contributed by atoms with E-state index in [-0.39, 0.29) is 12.2 Å². The summed E-state index contributed by atoms with van der Waals surface area (Å²) in [5.74, 6) is 1.24. The highest BCUT2D eigenvalue weighted by molar-refractivity contribution is 7.89. The molecule has 0 bridgehead atoms. The monoisotopic (exact) mass is 375 g/mol. The Morgan fingerprint density at radius 1 is 1.32 bits per heavy atom. The summed E-state index contributed by atoms with van der Waals surface area (Å²) in [4.78, 5) is -0.595. The lowest BCUT2D eigenvalue weighted by Gasteiger charge is -2.16. The topological polar surface area (TPSA) is 103 Å². The maximum absolute atomic E-state index is 13.3. The van der Waals surface area contributed by atoms with Gasteiger partial charge in [-0.2, -0.15) is 13.2 Å². The van der Waals surface area contributed by atoms with Gasteiger partial charge in [0.1, 0.15) is 5.82 Å². The van der Waals surface area contributed by atoms with E-state index >= 15 is 0 Å². The number of primary sulfonamides is 1. The van der Waals surface area contributed by atoms with Crippen molar-refractivity contribution in [3.05, 3.63) is 35.4 Å². The number of alkyl halides is 3. The maximum atomic E-state index is 13.3. The van der Waals surface area contributed by atoms with Crippen molar-refractivity contribution in [3.63, 3.8) is 0 Å². The number of halogens is 3. The molecule has 1 aliphatic rings. The van der Waals surface area contributed by atoms with Gasteiger partial charge in [0.15, 0.2) is 5.82 Å². The Bertz CT molecular complexity index is 904. The summed E-state index contributed by atoms with van der Waals surface area (Å²) in [6, 6.07) is 2.89. The number of benzene rings is 1. The largest absolute Gasteiger partial charge is 0.418 e. The van der Waals surface area contributed by atoms with Crippen molar-refractivity contribution >= 4 is 15.7 Å². The zero-order valence-electron chi connectivity index (χ0n) is 13.2. The highest BCUT2D eigenvalue weighted by atomic mass is 32.2. The molecule has 7 nitrogen and oxygen atoms in total. The van der Waals surface area contributed by atoms with Gasteiger partial charge >= 0.3 is 6.18 Å². The van der Waals surface area contributed by atoms with Crippen LogP contribution in [0.2, 0.25) is 0 Å². The molecule has 3 N–H and O–H groups in total. The molecular weight excluding hydrogens is 359 g/mol. The van der Waals surface area contributed by atoms with Gasteiger partial charge in [-0.1, -0.05) is 0 Å². The fraction of sp³-hybridized carbons (Fsp3) is 0.429. The molecular formula is C14H16F3N5O2S. The van der Waals surface area contributed by atoms with Crippen molar-refractivity contribution in [3.8, 4) is 0 Å². The molecule has 1 aromatic carbocycles. The molecule has 1 heterocycles. The SMILES string of the molecule is Cc1nnc(CNc2ccc(S(N)(=O)=O)cc2C(F)(F)F)n1C1CC1. The summed E-state index contributed by atoms with van der Waals surface area (Å²) in [5.41, 5.74) is -1.35. The van der Waals surface area contributed by atoms with Crippen LogP contribution in [0.3, 0.4) is 0 Å². The van der Waals surface area contributed by atoms with Gasteiger partial charge in [-0.05, 0) is 38.0 Å². The van der Waals surface area contributed by atoms with Gasteiger partial charge in [-0.25, -0.2) is 13.6 Å². The minimum atomic E-state index is -4.73. The average Bonchev–Trinajstić information content (AvgIpc) is 3.26. The number of rotatable bonds is 5. The average molecular weight is 375 g/mol. The Hall–Kier alpha value is -2.14. The van der Waals surface area contributed by atoms with Crippen LogP contribution >= 0.6 is 0 Å². The lowest BCUT2D eigenvalue weighted by molar-refractivity contribution is -0.137. The Kier molecular flexibility index (Phi) is 4.23. The van der Waals surface area contributed by atoms with Crippen LogP contribution in [0, 0.1) is 6.92 Å². The van der Waals surface area contributed by atoms with Crippen LogP contribution in [0.4, 0.5) is 18.9 Å². The molecule has 2 aromatic rings. The summed E-state index contributed by atoms with van der Waals surface area (Å²) in [6.45, 7) is 1.83. The summed E-state index contributed by atoms with van der Waals surface area (Å²) >= 11 is 0. The van der Waals surface area contributed by atoms with E-state index in [9.17, 15) is 21.6 Å². The zero-order chi connectivity index (χ0) is 18.4. The minimum absolute atomic E-state index is 0.0368. The second kappa shape index (κ2) is 5.99. The van der Waals surface area contributed by atoms with E-state index in [1.165, 1.54) is 0 Å². The van der Waals surface area contributed by atoms with Crippen molar-refractivity contribution in [2.75, 3.05) is 5.32 Å². The van der Waals surface area contributed by atoms with Crippen molar-refractivity contribution < 1.29 is 21.6 Å². The van der Waals surface area contributed by atoms with Gasteiger partial charge in [0.2, 0.25) is 10.0 Å². The summed E-state index contributed by atoms with van der Waals surface area (Å²) in [7, 11) is -4.23. The first-order chi connectivity index (χ1) is 11.6. The Balaban J connectivity index is 1.90. The van der Waals surface area contributed by atoms with E-state index in [4.69, 9.17) is 5.14 Å². The fourth-order valence-electron chi connectivity index (χ4n) is 2.60. The maximum Gasteiger partial charge on any atom is 0.418 e. The van der Waals surface area contributed by atoms with E-state index in [0.717, 1.165) is 25.0 Å². The standard InChI is InChI=1S/C14H16F3N5O2S/c1-8-20-21-13(22(8)9-2-3-9)7-19-12-5-4-10(25(18,23)24)6-11(12)14(15,16)17/h4-6,9,19H,2-3,7H2,1H3,(H2,18,23,24). The highest BCUT2D eigenvalue weighted by Gasteiger charge is 2.35. The molecule has 0 unspecified atom stereocenters. The lowest BCUT2D eigenvalue weighted by atomic mass is 10.1. The number of nitrogens with zero attached hydrogens (tertiary/aromatic N) is 3. The summed E-state index contributed by atoms with van der Waals surface area (Å²) < 4.78 is 64.3. The number of hydrogen-bond acceptors (Lipinski definition) is 5. The predicted octanol–water partition coefficient (Wildman–Crippen LogP) is 2.20. The fourth-order valence-corrected chi connectivity index (χ4v) is 3.14. The zero-order valence-corrected chi connectivity index (χ0v) is 14.0. The second-order valence-corrected chi connectivity index (χ2v) is 7.43. The number of anilines is 1. The van der Waals surface area contributed by atoms with Crippen LogP contribution in [-0.2, 0) is 22.7 Å². The molecule has 1 aromatic heterocycles. The van der Waals surface area contributed by atoms with Crippen molar-refractivity contribution in [2.24, 2.45) is 5.14 Å². The predicted molar refractivity (Wildman–Crippen MR) is 83.2 cm³/mol. The first kappa shape index (κ1) is 17.7. The summed E-state index contributed by atoms with van der Waals surface area (Å²) in [6.07, 6.45) is -2.76. The van der Waals surface area contributed by atoms with Gasteiger partial charge in [0, 0.05) is 11.7 Å². The van der Waals surface area contributed by atoms with Crippen LogP contribution in [0.15, 0.2) is 23.1 Å². The molecule has 1 fully saturated rings. The van der Waals surface area contributed by atoms with E-state index in [1.54, 1.807) is 6.92 Å². The minimum Gasteiger partial charge on any atom is -0.377 e. The van der Waals surface area contributed by atoms with Crippen molar-refractivity contribution in [2.45, 2.75) is 43.4 Å². The third kappa shape index (κ3) is 3.76. The van der Waals surface area contributed by atoms with Crippen LogP contribution in [0.25, 0.3) is 0 Å².